The maximum Gasteiger partial charge on any atom is 0.219 e. The Hall–Kier alpha value is -3.29. The molecule has 0 atom stereocenters. The highest BCUT2D eigenvalue weighted by Gasteiger charge is 2.18. The van der Waals surface area contributed by atoms with Gasteiger partial charge in [0.1, 0.15) is 5.75 Å². The second kappa shape index (κ2) is 8.45. The average molecular weight is 436 g/mol. The van der Waals surface area contributed by atoms with Crippen LogP contribution in [0.25, 0.3) is 11.0 Å². The first-order chi connectivity index (χ1) is 15.1. The minimum Gasteiger partial charge on any atom is -0.439 e. The lowest BCUT2D eigenvalue weighted by atomic mass is 10.2. The quantitative estimate of drug-likeness (QED) is 0.433. The van der Waals surface area contributed by atoms with Crippen molar-refractivity contribution in [2.24, 2.45) is 7.05 Å². The third kappa shape index (κ3) is 4.42. The van der Waals surface area contributed by atoms with E-state index >= 15 is 0 Å². The molecule has 4 aromatic rings. The van der Waals surface area contributed by atoms with E-state index in [2.05, 4.69) is 32.3 Å². The molecule has 7 nitrogen and oxygen atoms in total. The van der Waals surface area contributed by atoms with E-state index in [1.54, 1.807) is 18.3 Å². The van der Waals surface area contributed by atoms with Gasteiger partial charge in [-0.25, -0.2) is 9.97 Å². The molecule has 1 aliphatic rings. The van der Waals surface area contributed by atoms with Crippen LogP contribution in [-0.2, 0) is 18.3 Å². The molecule has 0 amide bonds. The van der Waals surface area contributed by atoms with Gasteiger partial charge in [0.05, 0.1) is 30.3 Å². The molecule has 2 N–H and O–H groups in total. The number of hydrogen-bond acceptors (Lipinski definition) is 6. The van der Waals surface area contributed by atoms with Gasteiger partial charge in [0.2, 0.25) is 11.8 Å². The van der Waals surface area contributed by atoms with Crippen molar-refractivity contribution < 1.29 is 9.47 Å². The summed E-state index contributed by atoms with van der Waals surface area (Å²) in [5.74, 6) is 2.03. The Morgan fingerprint density at radius 1 is 1.13 bits per heavy atom. The van der Waals surface area contributed by atoms with Crippen LogP contribution in [0.15, 0.2) is 60.8 Å². The SMILES string of the molecule is Cn1c(NCc2ccc(Oc3ccc(Cl)cc3)nc2)nc2ccc(NC3COC3)cc21. The van der Waals surface area contributed by atoms with Crippen molar-refractivity contribution in [1.29, 1.82) is 0 Å². The Morgan fingerprint density at radius 3 is 2.68 bits per heavy atom. The molecule has 0 unspecified atom stereocenters. The lowest BCUT2D eigenvalue weighted by Crippen LogP contribution is -2.40. The number of hydrogen-bond donors (Lipinski definition) is 2. The van der Waals surface area contributed by atoms with E-state index in [9.17, 15) is 0 Å². The summed E-state index contributed by atoms with van der Waals surface area (Å²) in [6, 6.07) is 17.6. The highest BCUT2D eigenvalue weighted by atomic mass is 35.5. The summed E-state index contributed by atoms with van der Waals surface area (Å²) in [4.78, 5) is 9.09. The van der Waals surface area contributed by atoms with E-state index in [0.717, 1.165) is 41.4 Å². The number of nitrogens with one attached hydrogen (secondary N) is 2. The predicted octanol–water partition coefficient (Wildman–Crippen LogP) is 4.84. The molecular weight excluding hydrogens is 414 g/mol. The number of benzene rings is 2. The lowest BCUT2D eigenvalue weighted by Gasteiger charge is -2.27. The van der Waals surface area contributed by atoms with Gasteiger partial charge >= 0.3 is 0 Å². The summed E-state index contributed by atoms with van der Waals surface area (Å²) in [5, 5.41) is 7.54. The second-order valence-corrected chi connectivity index (χ2v) is 7.93. The highest BCUT2D eigenvalue weighted by Crippen LogP contribution is 2.24. The molecule has 3 heterocycles. The molecule has 0 bridgehead atoms. The van der Waals surface area contributed by atoms with Gasteiger partial charge in [-0.2, -0.15) is 0 Å². The number of rotatable bonds is 7. The van der Waals surface area contributed by atoms with Crippen LogP contribution in [0, 0.1) is 0 Å². The largest absolute Gasteiger partial charge is 0.439 e. The van der Waals surface area contributed by atoms with Crippen LogP contribution >= 0.6 is 11.6 Å². The smallest absolute Gasteiger partial charge is 0.219 e. The van der Waals surface area contributed by atoms with Gasteiger partial charge in [0.15, 0.2) is 0 Å². The average Bonchev–Trinajstić information content (AvgIpc) is 3.07. The minimum atomic E-state index is 0.391. The number of ether oxygens (including phenoxy) is 2. The molecule has 1 aliphatic heterocycles. The van der Waals surface area contributed by atoms with Gasteiger partial charge < -0.3 is 24.7 Å². The molecule has 2 aromatic carbocycles. The molecule has 0 radical (unpaired) electrons. The molecule has 158 valence electrons. The fraction of sp³-hybridized carbons (Fsp3) is 0.217. The standard InChI is InChI=1S/C23H22ClN5O2/c1-29-21-10-17(27-18-13-30-14-18)5-8-20(21)28-23(29)26-12-15-2-9-22(25-11-15)31-19-6-3-16(24)4-7-19/h2-11,18,27H,12-14H2,1H3,(H,26,28). The predicted molar refractivity (Wildman–Crippen MR) is 122 cm³/mol. The van der Waals surface area contributed by atoms with Crippen LogP contribution in [0.4, 0.5) is 11.6 Å². The Morgan fingerprint density at radius 2 is 1.97 bits per heavy atom. The van der Waals surface area contributed by atoms with E-state index in [0.29, 0.717) is 29.2 Å². The topological polar surface area (TPSA) is 73.2 Å². The van der Waals surface area contributed by atoms with Crippen molar-refractivity contribution in [3.63, 3.8) is 0 Å². The van der Waals surface area contributed by atoms with Crippen molar-refractivity contribution >= 4 is 34.3 Å². The lowest BCUT2D eigenvalue weighted by molar-refractivity contribution is 0.0211. The third-order valence-electron chi connectivity index (χ3n) is 5.17. The molecule has 31 heavy (non-hydrogen) atoms. The maximum atomic E-state index is 5.90. The van der Waals surface area contributed by atoms with Crippen molar-refractivity contribution in [1.82, 2.24) is 14.5 Å². The van der Waals surface area contributed by atoms with Gasteiger partial charge in [-0.3, -0.25) is 0 Å². The van der Waals surface area contributed by atoms with E-state index < -0.39 is 0 Å². The minimum absolute atomic E-state index is 0.391. The number of fused-ring (bicyclic) bond motifs is 1. The second-order valence-electron chi connectivity index (χ2n) is 7.49. The van der Waals surface area contributed by atoms with Crippen molar-refractivity contribution in [2.45, 2.75) is 12.6 Å². The maximum absolute atomic E-state index is 5.90. The first-order valence-corrected chi connectivity index (χ1v) is 10.4. The molecule has 1 fully saturated rings. The zero-order valence-corrected chi connectivity index (χ0v) is 17.8. The summed E-state index contributed by atoms with van der Waals surface area (Å²) >= 11 is 5.90. The van der Waals surface area contributed by atoms with Crippen LogP contribution in [0.3, 0.4) is 0 Å². The molecule has 0 spiro atoms. The fourth-order valence-electron chi connectivity index (χ4n) is 3.37. The summed E-state index contributed by atoms with van der Waals surface area (Å²) in [6.07, 6.45) is 1.80. The highest BCUT2D eigenvalue weighted by molar-refractivity contribution is 6.30. The van der Waals surface area contributed by atoms with Gasteiger partial charge in [-0.05, 0) is 48.0 Å². The Kier molecular flexibility index (Phi) is 5.36. The molecule has 8 heteroatoms. The Bertz CT molecular complexity index is 1190. The van der Waals surface area contributed by atoms with Gasteiger partial charge in [-0.15, -0.1) is 0 Å². The Balaban J connectivity index is 1.23. The first kappa shape index (κ1) is 19.7. The van der Waals surface area contributed by atoms with Crippen molar-refractivity contribution in [3.8, 4) is 11.6 Å². The summed E-state index contributed by atoms with van der Waals surface area (Å²) in [5.41, 5.74) is 4.13. The van der Waals surface area contributed by atoms with Crippen LogP contribution < -0.4 is 15.4 Å². The molecule has 1 saturated heterocycles. The molecule has 2 aromatic heterocycles. The normalized spacial score (nSPS) is 13.7. The summed E-state index contributed by atoms with van der Waals surface area (Å²) < 4.78 is 13.0. The van der Waals surface area contributed by atoms with Crippen LogP contribution in [-0.4, -0.2) is 33.8 Å². The van der Waals surface area contributed by atoms with Crippen molar-refractivity contribution in [2.75, 3.05) is 23.8 Å². The molecule has 5 rings (SSSR count). The number of pyridine rings is 1. The number of aromatic nitrogens is 3. The van der Waals surface area contributed by atoms with Gasteiger partial charge in [0.25, 0.3) is 0 Å². The zero-order chi connectivity index (χ0) is 21.2. The summed E-state index contributed by atoms with van der Waals surface area (Å²) in [7, 11) is 2.01. The number of nitrogens with zero attached hydrogens (tertiary/aromatic N) is 3. The van der Waals surface area contributed by atoms with Crippen LogP contribution in [0.2, 0.25) is 5.02 Å². The first-order valence-electron chi connectivity index (χ1n) is 10.1. The zero-order valence-electron chi connectivity index (χ0n) is 17.0. The van der Waals surface area contributed by atoms with E-state index in [4.69, 9.17) is 26.1 Å². The number of halogens is 1. The van der Waals surface area contributed by atoms with E-state index in [-0.39, 0.29) is 0 Å². The van der Waals surface area contributed by atoms with E-state index in [1.807, 2.05) is 37.4 Å². The number of imidazole rings is 1. The monoisotopic (exact) mass is 435 g/mol. The van der Waals surface area contributed by atoms with E-state index in [1.165, 1.54) is 0 Å². The summed E-state index contributed by atoms with van der Waals surface area (Å²) in [6.45, 7) is 2.12. The molecule has 0 aliphatic carbocycles. The number of aryl methyl sites for hydroxylation is 1. The Labute approximate surface area is 185 Å². The number of anilines is 2. The van der Waals surface area contributed by atoms with Gasteiger partial charge in [-0.1, -0.05) is 17.7 Å². The van der Waals surface area contributed by atoms with Gasteiger partial charge in [0, 0.05) is 36.6 Å². The molecular formula is C23H22ClN5O2. The van der Waals surface area contributed by atoms with Crippen molar-refractivity contribution in [3.05, 3.63) is 71.4 Å². The van der Waals surface area contributed by atoms with Crippen LogP contribution in [0.5, 0.6) is 11.6 Å². The fourth-order valence-corrected chi connectivity index (χ4v) is 3.50. The molecule has 0 saturated carbocycles. The van der Waals surface area contributed by atoms with Crippen LogP contribution in [0.1, 0.15) is 5.56 Å². The third-order valence-corrected chi connectivity index (χ3v) is 5.43.